The van der Waals surface area contributed by atoms with Gasteiger partial charge in [-0.05, 0) is 62.8 Å². The Balaban J connectivity index is 3.11. The Morgan fingerprint density at radius 3 is 2.27 bits per heavy atom. The predicted molar refractivity (Wildman–Crippen MR) is 67.3 cm³/mol. The maximum Gasteiger partial charge on any atom is 0.0138 e. The normalized spacial score (nSPS) is 11.9. The lowest BCUT2D eigenvalue weighted by Gasteiger charge is -2.21. The van der Waals surface area contributed by atoms with Gasteiger partial charge in [-0.25, -0.2) is 0 Å². The van der Waals surface area contributed by atoms with Crippen LogP contribution in [0.2, 0.25) is 0 Å². The van der Waals surface area contributed by atoms with Gasteiger partial charge >= 0.3 is 0 Å². The third-order valence-electron chi connectivity index (χ3n) is 2.89. The number of aryl methyl sites for hydroxylation is 2. The first-order chi connectivity index (χ1) is 6.83. The van der Waals surface area contributed by atoms with Gasteiger partial charge in [-0.1, -0.05) is 19.1 Å². The first-order valence-corrected chi connectivity index (χ1v) is 5.71. The fourth-order valence-electron chi connectivity index (χ4n) is 1.89. The van der Waals surface area contributed by atoms with Gasteiger partial charge in [0.25, 0.3) is 0 Å². The van der Waals surface area contributed by atoms with Gasteiger partial charge in [0.2, 0.25) is 0 Å². The number of rotatable bonds is 3. The van der Waals surface area contributed by atoms with E-state index >= 15 is 0 Å². The second kappa shape index (κ2) is 4.36. The molecule has 0 saturated carbocycles. The fraction of sp³-hybridized carbons (Fsp3) is 0.571. The van der Waals surface area contributed by atoms with Crippen LogP contribution in [0.25, 0.3) is 0 Å². The summed E-state index contributed by atoms with van der Waals surface area (Å²) in [6.45, 7) is 10.7. The van der Waals surface area contributed by atoms with Gasteiger partial charge in [0, 0.05) is 5.54 Å². The summed E-state index contributed by atoms with van der Waals surface area (Å²) in [6.07, 6.45) is 2.05. The Labute approximate surface area is 93.7 Å². The molecule has 1 aromatic rings. The zero-order valence-corrected chi connectivity index (χ0v) is 10.6. The number of hydrogen-bond donors (Lipinski definition) is 1. The molecule has 0 aliphatic carbocycles. The molecule has 1 nitrogen and oxygen atoms in total. The fourth-order valence-corrected chi connectivity index (χ4v) is 1.89. The Bertz CT molecular complexity index is 345. The van der Waals surface area contributed by atoms with Crippen LogP contribution in [0.4, 0.5) is 0 Å². The highest BCUT2D eigenvalue weighted by atomic mass is 14.7. The molecule has 0 radical (unpaired) electrons. The lowest BCUT2D eigenvalue weighted by atomic mass is 9.89. The second-order valence-electron chi connectivity index (χ2n) is 5.22. The molecular weight excluding hydrogens is 182 g/mol. The van der Waals surface area contributed by atoms with Crippen LogP contribution >= 0.6 is 0 Å². The van der Waals surface area contributed by atoms with E-state index < -0.39 is 0 Å². The van der Waals surface area contributed by atoms with Crippen molar-refractivity contribution in [3.05, 3.63) is 34.4 Å². The molecule has 0 atom stereocenters. The minimum atomic E-state index is -0.121. The van der Waals surface area contributed by atoms with Crippen LogP contribution in [0.15, 0.2) is 12.1 Å². The van der Waals surface area contributed by atoms with Crippen LogP contribution in [0, 0.1) is 13.8 Å². The summed E-state index contributed by atoms with van der Waals surface area (Å²) in [5, 5.41) is 0. The molecule has 0 fully saturated rings. The van der Waals surface area contributed by atoms with Crippen molar-refractivity contribution in [1.29, 1.82) is 0 Å². The molecule has 1 rings (SSSR count). The largest absolute Gasteiger partial charge is 0.325 e. The van der Waals surface area contributed by atoms with E-state index in [1.54, 1.807) is 0 Å². The van der Waals surface area contributed by atoms with Gasteiger partial charge in [0.1, 0.15) is 0 Å². The van der Waals surface area contributed by atoms with Crippen molar-refractivity contribution in [3.63, 3.8) is 0 Å². The van der Waals surface area contributed by atoms with E-state index in [9.17, 15) is 0 Å². The predicted octanol–water partition coefficient (Wildman–Crippen LogP) is 3.15. The molecule has 0 spiro atoms. The van der Waals surface area contributed by atoms with Crippen molar-refractivity contribution in [2.24, 2.45) is 5.73 Å². The minimum Gasteiger partial charge on any atom is -0.325 e. The molecule has 1 heteroatoms. The molecule has 15 heavy (non-hydrogen) atoms. The smallest absolute Gasteiger partial charge is 0.0138 e. The standard InChI is InChI=1S/C14H23N/c1-6-12-7-10(2)11(3)13(8-12)9-14(4,5)15/h7-8H,6,9,15H2,1-5H3. The first-order valence-electron chi connectivity index (χ1n) is 5.71. The van der Waals surface area contributed by atoms with Gasteiger partial charge in [-0.3, -0.25) is 0 Å². The topological polar surface area (TPSA) is 26.0 Å². The van der Waals surface area contributed by atoms with Crippen molar-refractivity contribution < 1.29 is 0 Å². The van der Waals surface area contributed by atoms with E-state index in [0.29, 0.717) is 0 Å². The van der Waals surface area contributed by atoms with E-state index in [1.807, 2.05) is 0 Å². The van der Waals surface area contributed by atoms with Crippen molar-refractivity contribution in [3.8, 4) is 0 Å². The highest BCUT2D eigenvalue weighted by Crippen LogP contribution is 2.20. The van der Waals surface area contributed by atoms with Crippen LogP contribution < -0.4 is 5.73 Å². The van der Waals surface area contributed by atoms with E-state index in [2.05, 4.69) is 46.8 Å². The Kier molecular flexibility index (Phi) is 3.56. The van der Waals surface area contributed by atoms with Crippen molar-refractivity contribution >= 4 is 0 Å². The van der Waals surface area contributed by atoms with Gasteiger partial charge in [0.05, 0.1) is 0 Å². The summed E-state index contributed by atoms with van der Waals surface area (Å²) in [5.41, 5.74) is 11.6. The van der Waals surface area contributed by atoms with Gasteiger partial charge in [-0.2, -0.15) is 0 Å². The summed E-state index contributed by atoms with van der Waals surface area (Å²) in [5.74, 6) is 0. The molecular formula is C14H23N. The molecule has 0 bridgehead atoms. The molecule has 0 aliphatic heterocycles. The lowest BCUT2D eigenvalue weighted by molar-refractivity contribution is 0.515. The van der Waals surface area contributed by atoms with Crippen LogP contribution in [-0.4, -0.2) is 5.54 Å². The molecule has 84 valence electrons. The lowest BCUT2D eigenvalue weighted by Crippen LogP contribution is -2.34. The summed E-state index contributed by atoms with van der Waals surface area (Å²) in [4.78, 5) is 0. The summed E-state index contributed by atoms with van der Waals surface area (Å²) < 4.78 is 0. The third-order valence-corrected chi connectivity index (χ3v) is 2.89. The summed E-state index contributed by atoms with van der Waals surface area (Å²) >= 11 is 0. The van der Waals surface area contributed by atoms with Crippen LogP contribution in [-0.2, 0) is 12.8 Å². The zero-order valence-electron chi connectivity index (χ0n) is 10.6. The Hall–Kier alpha value is -0.820. The van der Waals surface area contributed by atoms with Crippen molar-refractivity contribution in [2.45, 2.75) is 53.0 Å². The van der Waals surface area contributed by atoms with Gasteiger partial charge in [-0.15, -0.1) is 0 Å². The average molecular weight is 205 g/mol. The van der Waals surface area contributed by atoms with E-state index in [4.69, 9.17) is 5.73 Å². The molecule has 0 saturated heterocycles. The van der Waals surface area contributed by atoms with Crippen LogP contribution in [0.3, 0.4) is 0 Å². The summed E-state index contributed by atoms with van der Waals surface area (Å²) in [7, 11) is 0. The van der Waals surface area contributed by atoms with Gasteiger partial charge in [0.15, 0.2) is 0 Å². The number of benzene rings is 1. The SMILES string of the molecule is CCc1cc(C)c(C)c(CC(C)(C)N)c1. The molecule has 0 aliphatic rings. The highest BCUT2D eigenvalue weighted by Gasteiger charge is 2.14. The summed E-state index contributed by atoms with van der Waals surface area (Å²) in [6, 6.07) is 4.58. The van der Waals surface area contributed by atoms with Crippen LogP contribution in [0.5, 0.6) is 0 Å². The van der Waals surface area contributed by atoms with E-state index in [-0.39, 0.29) is 5.54 Å². The quantitative estimate of drug-likeness (QED) is 0.806. The van der Waals surface area contributed by atoms with Crippen molar-refractivity contribution in [2.75, 3.05) is 0 Å². The maximum atomic E-state index is 6.08. The maximum absolute atomic E-state index is 6.08. The molecule has 0 aromatic heterocycles. The Morgan fingerprint density at radius 2 is 1.80 bits per heavy atom. The molecule has 0 amide bonds. The molecule has 2 N–H and O–H groups in total. The van der Waals surface area contributed by atoms with E-state index in [1.165, 1.54) is 22.3 Å². The Morgan fingerprint density at radius 1 is 1.20 bits per heavy atom. The van der Waals surface area contributed by atoms with Crippen LogP contribution in [0.1, 0.15) is 43.0 Å². The highest BCUT2D eigenvalue weighted by molar-refractivity contribution is 5.38. The first kappa shape index (κ1) is 12.3. The monoisotopic (exact) mass is 205 g/mol. The minimum absolute atomic E-state index is 0.121. The van der Waals surface area contributed by atoms with Gasteiger partial charge < -0.3 is 5.73 Å². The third kappa shape index (κ3) is 3.35. The zero-order chi connectivity index (χ0) is 11.6. The molecule has 0 heterocycles. The second-order valence-corrected chi connectivity index (χ2v) is 5.22. The number of nitrogens with two attached hydrogens (primary N) is 1. The molecule has 1 aromatic carbocycles. The average Bonchev–Trinajstić information content (AvgIpc) is 2.10. The van der Waals surface area contributed by atoms with E-state index in [0.717, 1.165) is 12.8 Å². The molecule has 0 unspecified atom stereocenters. The number of hydrogen-bond acceptors (Lipinski definition) is 1. The van der Waals surface area contributed by atoms with Crippen molar-refractivity contribution in [1.82, 2.24) is 0 Å².